The van der Waals surface area contributed by atoms with Gasteiger partial charge in [-0.15, -0.1) is 11.6 Å². The largest absolute Gasteiger partial charge is 0.490 e. The molecule has 0 spiro atoms. The van der Waals surface area contributed by atoms with Crippen LogP contribution in [-0.4, -0.2) is 64.3 Å². The minimum Gasteiger partial charge on any atom is -0.383 e. The van der Waals surface area contributed by atoms with Crippen LogP contribution in [0.25, 0.3) is 0 Å². The van der Waals surface area contributed by atoms with Crippen molar-refractivity contribution in [2.24, 2.45) is 0 Å². The van der Waals surface area contributed by atoms with Gasteiger partial charge >= 0.3 is 35.1 Å². The molecule has 1 aromatic heterocycles. The van der Waals surface area contributed by atoms with Crippen molar-refractivity contribution < 1.29 is 65.0 Å². The molecule has 16 nitrogen and oxygen atoms in total. The predicted molar refractivity (Wildman–Crippen MR) is 97.3 cm³/mol. The normalized spacial score (nSPS) is 29.4. The molecular weight excluding hydrogens is 536 g/mol. The molecule has 5 atom stereocenters. The number of anilines is 1. The van der Waals surface area contributed by atoms with Crippen LogP contribution in [0.2, 0.25) is 0 Å². The third-order valence-electron chi connectivity index (χ3n) is 3.76. The van der Waals surface area contributed by atoms with Crippen LogP contribution in [-0.2, 0) is 31.6 Å². The first-order chi connectivity index (χ1) is 14.3. The molecule has 2 heterocycles. The number of alkyl halides is 3. The molecular formula is C10H15ClF2N3O13P3. The second kappa shape index (κ2) is 9.07. The molecule has 3 unspecified atom stereocenters. The standard InChI is InChI=1S/C10H15ClF2N3O13P3/c11-3-9(4-26-31(22,23)29-32(24,25)28-30(19,20)21)6(17)10(12,13)7(27-9)16-2-1-5(14)15-8(16)18/h1-2,6-7,17H,3-4H2,(H,22,23)(H,24,25)(H2,14,15,18)(H2,19,20,21)/t6-,7-,9?/m1/s1. The number of nitrogen functional groups attached to an aromatic ring is 1. The van der Waals surface area contributed by atoms with E-state index in [4.69, 9.17) is 36.8 Å². The lowest BCUT2D eigenvalue weighted by atomic mass is 9.97. The lowest BCUT2D eigenvalue weighted by Crippen LogP contribution is -2.50. The summed E-state index contributed by atoms with van der Waals surface area (Å²) in [5.74, 6) is -5.60. The molecule has 1 saturated heterocycles. The van der Waals surface area contributed by atoms with Gasteiger partial charge in [-0.05, 0) is 6.07 Å². The second-order valence-electron chi connectivity index (χ2n) is 6.15. The molecule has 0 radical (unpaired) electrons. The van der Waals surface area contributed by atoms with Crippen LogP contribution in [0.3, 0.4) is 0 Å². The highest BCUT2D eigenvalue weighted by Gasteiger charge is 2.67. The Morgan fingerprint density at radius 3 is 2.31 bits per heavy atom. The molecule has 1 aliphatic heterocycles. The van der Waals surface area contributed by atoms with Crippen LogP contribution < -0.4 is 11.4 Å². The maximum absolute atomic E-state index is 14.7. The molecule has 0 aliphatic carbocycles. The zero-order valence-corrected chi connectivity index (χ0v) is 18.6. The van der Waals surface area contributed by atoms with Gasteiger partial charge in [-0.1, -0.05) is 0 Å². The van der Waals surface area contributed by atoms with Crippen LogP contribution in [0.15, 0.2) is 17.1 Å². The third kappa shape index (κ3) is 6.18. The maximum Gasteiger partial charge on any atom is 0.490 e. The van der Waals surface area contributed by atoms with Crippen molar-refractivity contribution in [3.8, 4) is 0 Å². The number of phosphoric acid groups is 3. The number of ether oxygens (including phenoxy) is 1. The topological polar surface area (TPSA) is 250 Å². The van der Waals surface area contributed by atoms with Gasteiger partial charge in [0.2, 0.25) is 6.23 Å². The Hall–Kier alpha value is -0.840. The minimum absolute atomic E-state index is 0.249. The first kappa shape index (κ1) is 27.4. The SMILES string of the molecule is Nc1ccn([C@@H]2OC(CCl)(COP(=O)(O)OP(=O)(O)OP(=O)(O)O)[C@@H](O)C2(F)F)c(=O)n1. The lowest BCUT2D eigenvalue weighted by Gasteiger charge is -2.29. The molecule has 0 aromatic carbocycles. The zero-order valence-electron chi connectivity index (χ0n) is 15.2. The van der Waals surface area contributed by atoms with Crippen LogP contribution in [0.4, 0.5) is 14.6 Å². The number of nitrogens with zero attached hydrogens (tertiary/aromatic N) is 2. The number of phosphoric ester groups is 1. The summed E-state index contributed by atoms with van der Waals surface area (Å²) in [6.45, 7) is -1.50. The summed E-state index contributed by atoms with van der Waals surface area (Å²) in [6.07, 6.45) is -4.64. The molecule has 7 N–H and O–H groups in total. The summed E-state index contributed by atoms with van der Waals surface area (Å²) in [5, 5.41) is 10.1. The predicted octanol–water partition coefficient (Wildman–Crippen LogP) is -0.329. The Balaban J connectivity index is 2.27. The Morgan fingerprint density at radius 1 is 1.22 bits per heavy atom. The van der Waals surface area contributed by atoms with Crippen molar-refractivity contribution in [3.63, 3.8) is 0 Å². The molecule has 1 fully saturated rings. The third-order valence-corrected chi connectivity index (χ3v) is 7.99. The number of hydrogen-bond donors (Lipinski definition) is 6. The molecule has 0 amide bonds. The fourth-order valence-electron chi connectivity index (χ4n) is 2.45. The summed E-state index contributed by atoms with van der Waals surface area (Å²) in [7, 11) is -17.3. The smallest absolute Gasteiger partial charge is 0.383 e. The van der Waals surface area contributed by atoms with Crippen molar-refractivity contribution in [2.45, 2.75) is 23.9 Å². The molecule has 184 valence electrons. The monoisotopic (exact) mass is 551 g/mol. The van der Waals surface area contributed by atoms with E-state index in [1.54, 1.807) is 0 Å². The summed E-state index contributed by atoms with van der Waals surface area (Å²) in [5.41, 5.74) is 1.27. The van der Waals surface area contributed by atoms with Gasteiger partial charge in [-0.2, -0.15) is 22.4 Å². The van der Waals surface area contributed by atoms with E-state index in [2.05, 4.69) is 18.1 Å². The van der Waals surface area contributed by atoms with Gasteiger partial charge in [-0.3, -0.25) is 9.09 Å². The second-order valence-corrected chi connectivity index (χ2v) is 10.8. The van der Waals surface area contributed by atoms with Crippen LogP contribution in [0.5, 0.6) is 0 Å². The van der Waals surface area contributed by atoms with Crippen LogP contribution in [0.1, 0.15) is 6.23 Å². The van der Waals surface area contributed by atoms with Crippen molar-refractivity contribution in [1.82, 2.24) is 9.55 Å². The van der Waals surface area contributed by atoms with Crippen LogP contribution in [0, 0.1) is 0 Å². The fourth-order valence-corrected chi connectivity index (χ4v) is 5.81. The highest BCUT2D eigenvalue weighted by molar-refractivity contribution is 7.66. The average molecular weight is 552 g/mol. The molecule has 2 rings (SSSR count). The van der Waals surface area contributed by atoms with Crippen molar-refractivity contribution in [2.75, 3.05) is 18.2 Å². The number of nitrogens with two attached hydrogens (primary N) is 1. The van der Waals surface area contributed by atoms with Crippen molar-refractivity contribution >= 4 is 40.9 Å². The summed E-state index contributed by atoms with van der Waals surface area (Å²) >= 11 is 5.59. The average Bonchev–Trinajstić information content (AvgIpc) is 2.78. The molecule has 1 aliphatic rings. The Kier molecular flexibility index (Phi) is 7.77. The van der Waals surface area contributed by atoms with E-state index in [0.717, 1.165) is 12.3 Å². The van der Waals surface area contributed by atoms with Gasteiger partial charge in [0.25, 0.3) is 0 Å². The number of rotatable bonds is 9. The van der Waals surface area contributed by atoms with E-state index >= 15 is 0 Å². The highest BCUT2D eigenvalue weighted by Crippen LogP contribution is 2.66. The van der Waals surface area contributed by atoms with E-state index in [1.807, 2.05) is 0 Å². The lowest BCUT2D eigenvalue weighted by molar-refractivity contribution is -0.143. The number of aliphatic hydroxyl groups excluding tert-OH is 1. The summed E-state index contributed by atoms with van der Waals surface area (Å²) in [6, 6.07) is 0.958. The Labute approximate surface area is 180 Å². The first-order valence-electron chi connectivity index (χ1n) is 7.77. The first-order valence-corrected chi connectivity index (χ1v) is 12.8. The number of aromatic nitrogens is 2. The zero-order chi connectivity index (χ0) is 24.8. The summed E-state index contributed by atoms with van der Waals surface area (Å²) in [4.78, 5) is 50.6. The Bertz CT molecular complexity index is 1070. The van der Waals surface area contributed by atoms with E-state index in [1.165, 1.54) is 0 Å². The fraction of sp³-hybridized carbons (Fsp3) is 0.600. The van der Waals surface area contributed by atoms with Crippen molar-refractivity contribution in [3.05, 3.63) is 22.7 Å². The molecule has 0 bridgehead atoms. The molecule has 0 saturated carbocycles. The van der Waals surface area contributed by atoms with E-state index in [0.29, 0.717) is 0 Å². The van der Waals surface area contributed by atoms with Crippen LogP contribution >= 0.6 is 35.1 Å². The van der Waals surface area contributed by atoms with Crippen molar-refractivity contribution in [1.29, 1.82) is 0 Å². The van der Waals surface area contributed by atoms with E-state index < -0.39 is 65.5 Å². The van der Waals surface area contributed by atoms with E-state index in [9.17, 15) is 37.3 Å². The molecule has 1 aromatic rings. The highest BCUT2D eigenvalue weighted by atomic mass is 35.5. The number of hydrogen-bond acceptors (Lipinski definition) is 11. The van der Waals surface area contributed by atoms with Gasteiger partial charge in [0.05, 0.1) is 12.5 Å². The van der Waals surface area contributed by atoms with E-state index in [-0.39, 0.29) is 10.4 Å². The maximum atomic E-state index is 14.7. The van der Waals surface area contributed by atoms with Gasteiger partial charge in [-0.25, -0.2) is 18.5 Å². The van der Waals surface area contributed by atoms with Gasteiger partial charge in [0.1, 0.15) is 11.4 Å². The molecule has 32 heavy (non-hydrogen) atoms. The number of aliphatic hydroxyl groups is 1. The summed E-state index contributed by atoms with van der Waals surface area (Å²) < 4.78 is 79.5. The minimum atomic E-state index is -5.89. The van der Waals surface area contributed by atoms with Gasteiger partial charge in [0.15, 0.2) is 6.10 Å². The number of halogens is 3. The quantitative estimate of drug-likeness (QED) is 0.170. The Morgan fingerprint density at radius 2 is 1.81 bits per heavy atom. The molecule has 22 heteroatoms. The van der Waals surface area contributed by atoms with Gasteiger partial charge < -0.3 is 35.2 Å². The van der Waals surface area contributed by atoms with Gasteiger partial charge in [0, 0.05) is 6.20 Å².